The molecule has 4 unspecified atom stereocenters. The molecular formula is C36H76N4. The molecule has 4 heteroatoms. The zero-order chi connectivity index (χ0) is 29.6. The van der Waals surface area contributed by atoms with Crippen LogP contribution in [-0.2, 0) is 0 Å². The molecule has 0 aliphatic carbocycles. The fourth-order valence-electron chi connectivity index (χ4n) is 7.25. The summed E-state index contributed by atoms with van der Waals surface area (Å²) < 4.78 is 0. The largest absolute Gasteiger partial charge is 0.301 e. The van der Waals surface area contributed by atoms with Gasteiger partial charge in [-0.3, -0.25) is 0 Å². The highest BCUT2D eigenvalue weighted by molar-refractivity contribution is 4.78. The standard InChI is InChI=1S/C10H21N.2C9H19N.C8H17N/c1-3-5-8-11-9-6-7-10(11)4-2;1-3-4-7-10-8-5-6-9(10)2;1-3-7-10-8-5-6-9(10)4-2;1-3-6-9-7-4-5-8(9)2/h10H,3-9H2,1-2H3;2*9H,3-8H2,1-2H3;8H,3-7H2,1-2H3. The van der Waals surface area contributed by atoms with Crippen LogP contribution in [0.15, 0.2) is 0 Å². The Labute approximate surface area is 254 Å². The molecule has 4 atom stereocenters. The highest BCUT2D eigenvalue weighted by Crippen LogP contribution is 2.21. The maximum absolute atomic E-state index is 2.67. The van der Waals surface area contributed by atoms with Gasteiger partial charge in [-0.15, -0.1) is 0 Å². The molecular weight excluding hydrogens is 488 g/mol. The van der Waals surface area contributed by atoms with E-state index in [9.17, 15) is 0 Å². The van der Waals surface area contributed by atoms with E-state index >= 15 is 0 Å². The molecule has 240 valence electrons. The number of nitrogens with zero attached hydrogens (tertiary/aromatic N) is 4. The van der Waals surface area contributed by atoms with Gasteiger partial charge in [0.15, 0.2) is 0 Å². The lowest BCUT2D eigenvalue weighted by atomic mass is 10.1. The third kappa shape index (κ3) is 15.4. The molecule has 4 saturated heterocycles. The number of hydrogen-bond donors (Lipinski definition) is 0. The number of likely N-dealkylation sites (tertiary alicyclic amines) is 4. The average molecular weight is 565 g/mol. The van der Waals surface area contributed by atoms with Gasteiger partial charge in [0.05, 0.1) is 0 Å². The second-order valence-corrected chi connectivity index (χ2v) is 13.2. The van der Waals surface area contributed by atoms with Crippen LogP contribution in [0.3, 0.4) is 0 Å². The van der Waals surface area contributed by atoms with Crippen LogP contribution in [0.5, 0.6) is 0 Å². The van der Waals surface area contributed by atoms with Crippen LogP contribution in [0.4, 0.5) is 0 Å². The number of hydrogen-bond acceptors (Lipinski definition) is 4. The zero-order valence-electron chi connectivity index (χ0n) is 29.1. The highest BCUT2D eigenvalue weighted by Gasteiger charge is 2.22. The van der Waals surface area contributed by atoms with Crippen LogP contribution in [-0.4, -0.2) is 96.1 Å². The van der Waals surface area contributed by atoms with Gasteiger partial charge in [-0.05, 0) is 156 Å². The van der Waals surface area contributed by atoms with Gasteiger partial charge in [-0.1, -0.05) is 54.4 Å². The third-order valence-corrected chi connectivity index (χ3v) is 9.94. The normalized spacial score (nSPS) is 27.6. The van der Waals surface area contributed by atoms with Crippen LogP contribution < -0.4 is 0 Å². The van der Waals surface area contributed by atoms with Gasteiger partial charge in [-0.2, -0.15) is 0 Å². The molecule has 0 aromatic rings. The SMILES string of the molecule is CCCCN1CCCC1C.CCCCN1CCCC1CC.CCCN1CCCC1C.CCCN1CCCC1CC. The van der Waals surface area contributed by atoms with E-state index in [2.05, 4.69) is 75.0 Å². The predicted octanol–water partition coefficient (Wildman–Crippen LogP) is 9.08. The van der Waals surface area contributed by atoms with Gasteiger partial charge in [0, 0.05) is 24.2 Å². The lowest BCUT2D eigenvalue weighted by Gasteiger charge is -2.22. The first-order chi connectivity index (χ1) is 19.4. The van der Waals surface area contributed by atoms with Gasteiger partial charge >= 0.3 is 0 Å². The fraction of sp³-hybridized carbons (Fsp3) is 1.00. The average Bonchev–Trinajstić information content (AvgIpc) is 3.77. The van der Waals surface area contributed by atoms with Crippen LogP contribution in [0.1, 0.15) is 158 Å². The lowest BCUT2D eigenvalue weighted by molar-refractivity contribution is 0.245. The van der Waals surface area contributed by atoms with Gasteiger partial charge in [0.2, 0.25) is 0 Å². The summed E-state index contributed by atoms with van der Waals surface area (Å²) in [6.45, 7) is 29.1. The van der Waals surface area contributed by atoms with E-state index < -0.39 is 0 Å². The van der Waals surface area contributed by atoms with Crippen LogP contribution >= 0.6 is 0 Å². The van der Waals surface area contributed by atoms with E-state index in [1.807, 2.05) is 0 Å². The molecule has 0 amide bonds. The zero-order valence-corrected chi connectivity index (χ0v) is 29.1. The van der Waals surface area contributed by atoms with E-state index in [-0.39, 0.29) is 0 Å². The fourth-order valence-corrected chi connectivity index (χ4v) is 7.25. The van der Waals surface area contributed by atoms with Crippen molar-refractivity contribution in [2.75, 3.05) is 52.4 Å². The maximum Gasteiger partial charge on any atom is 0.00931 e. The molecule has 4 rings (SSSR count). The van der Waals surface area contributed by atoms with Crippen molar-refractivity contribution < 1.29 is 0 Å². The smallest absolute Gasteiger partial charge is 0.00931 e. The first kappa shape index (κ1) is 37.9. The minimum Gasteiger partial charge on any atom is -0.301 e. The Morgan fingerprint density at radius 1 is 0.425 bits per heavy atom. The summed E-state index contributed by atoms with van der Waals surface area (Å²) >= 11 is 0. The molecule has 4 nitrogen and oxygen atoms in total. The first-order valence-electron chi connectivity index (χ1n) is 18.4. The minimum atomic E-state index is 0.866. The quantitative estimate of drug-likeness (QED) is 0.234. The molecule has 4 heterocycles. The van der Waals surface area contributed by atoms with Crippen LogP contribution in [0.25, 0.3) is 0 Å². The second kappa shape index (κ2) is 24.3. The van der Waals surface area contributed by atoms with Crippen molar-refractivity contribution in [3.05, 3.63) is 0 Å². The van der Waals surface area contributed by atoms with E-state index in [4.69, 9.17) is 0 Å². The van der Waals surface area contributed by atoms with Crippen molar-refractivity contribution >= 4 is 0 Å². The molecule has 0 spiro atoms. The first-order valence-corrected chi connectivity index (χ1v) is 18.4. The highest BCUT2D eigenvalue weighted by atomic mass is 15.2. The Morgan fingerprint density at radius 3 is 1.15 bits per heavy atom. The van der Waals surface area contributed by atoms with Crippen molar-refractivity contribution in [2.45, 2.75) is 182 Å². The lowest BCUT2D eigenvalue weighted by Crippen LogP contribution is -2.29. The van der Waals surface area contributed by atoms with Crippen LogP contribution in [0.2, 0.25) is 0 Å². The molecule has 4 fully saturated rings. The summed E-state index contributed by atoms with van der Waals surface area (Å²) in [4.78, 5) is 10.5. The van der Waals surface area contributed by atoms with E-state index in [1.54, 1.807) is 0 Å². The van der Waals surface area contributed by atoms with Crippen molar-refractivity contribution in [2.24, 2.45) is 0 Å². The topological polar surface area (TPSA) is 13.0 Å². The molecule has 40 heavy (non-hydrogen) atoms. The molecule has 0 bridgehead atoms. The summed E-state index contributed by atoms with van der Waals surface area (Å²) in [5.74, 6) is 0. The number of unbranched alkanes of at least 4 members (excludes halogenated alkanes) is 2. The number of rotatable bonds is 12. The van der Waals surface area contributed by atoms with Gasteiger partial charge in [0.25, 0.3) is 0 Å². The Hall–Kier alpha value is -0.160. The molecule has 0 radical (unpaired) electrons. The van der Waals surface area contributed by atoms with E-state index in [1.165, 1.54) is 155 Å². The van der Waals surface area contributed by atoms with Crippen molar-refractivity contribution in [3.63, 3.8) is 0 Å². The van der Waals surface area contributed by atoms with E-state index in [0.29, 0.717) is 0 Å². The molecule has 0 saturated carbocycles. The predicted molar refractivity (Wildman–Crippen MR) is 181 cm³/mol. The third-order valence-electron chi connectivity index (χ3n) is 9.94. The van der Waals surface area contributed by atoms with Gasteiger partial charge < -0.3 is 19.6 Å². The van der Waals surface area contributed by atoms with Crippen molar-refractivity contribution in [1.29, 1.82) is 0 Å². The van der Waals surface area contributed by atoms with Crippen molar-refractivity contribution in [3.8, 4) is 0 Å². The summed E-state index contributed by atoms with van der Waals surface area (Å²) in [6, 6.07) is 3.57. The minimum absolute atomic E-state index is 0.866. The summed E-state index contributed by atoms with van der Waals surface area (Å²) in [7, 11) is 0. The molecule has 0 aromatic heterocycles. The summed E-state index contributed by atoms with van der Waals surface area (Å²) in [6.07, 6.45) is 22.2. The monoisotopic (exact) mass is 565 g/mol. The summed E-state index contributed by atoms with van der Waals surface area (Å²) in [5.41, 5.74) is 0. The molecule has 0 N–H and O–H groups in total. The van der Waals surface area contributed by atoms with Crippen LogP contribution in [0, 0.1) is 0 Å². The van der Waals surface area contributed by atoms with E-state index in [0.717, 1.165) is 24.2 Å². The van der Waals surface area contributed by atoms with Crippen molar-refractivity contribution in [1.82, 2.24) is 19.6 Å². The van der Waals surface area contributed by atoms with Gasteiger partial charge in [-0.25, -0.2) is 0 Å². The van der Waals surface area contributed by atoms with Gasteiger partial charge in [0.1, 0.15) is 0 Å². The Kier molecular flexibility index (Phi) is 23.0. The maximum atomic E-state index is 2.67. The molecule has 4 aliphatic rings. The molecule has 0 aromatic carbocycles. The second-order valence-electron chi connectivity index (χ2n) is 13.2. The Morgan fingerprint density at radius 2 is 0.775 bits per heavy atom. The molecule has 4 aliphatic heterocycles. The Bertz CT molecular complexity index is 555. The Balaban J connectivity index is 0.000000267. The summed E-state index contributed by atoms with van der Waals surface area (Å²) in [5, 5.41) is 0.